The van der Waals surface area contributed by atoms with Crippen LogP contribution in [-0.2, 0) is 13.1 Å². The molecule has 0 radical (unpaired) electrons. The molecule has 1 saturated heterocycles. The Morgan fingerprint density at radius 1 is 1.29 bits per heavy atom. The van der Waals surface area contributed by atoms with Gasteiger partial charge in [-0.15, -0.1) is 0 Å². The molecule has 2 N–H and O–H groups in total. The predicted octanol–water partition coefficient (Wildman–Crippen LogP) is 2.39. The van der Waals surface area contributed by atoms with Crippen molar-refractivity contribution in [2.45, 2.75) is 26.4 Å². The van der Waals surface area contributed by atoms with Crippen LogP contribution in [0, 0.1) is 6.92 Å². The number of nitrogens with zero attached hydrogens (tertiary/aromatic N) is 1. The van der Waals surface area contributed by atoms with Crippen molar-refractivity contribution >= 4 is 11.8 Å². The summed E-state index contributed by atoms with van der Waals surface area (Å²) in [6, 6.07) is 6.63. The van der Waals surface area contributed by atoms with E-state index in [4.69, 9.17) is 5.73 Å². The van der Waals surface area contributed by atoms with E-state index < -0.39 is 0 Å². The first-order valence-electron chi connectivity index (χ1n) is 6.38. The Bertz CT molecular complexity index is 357. The van der Waals surface area contributed by atoms with Crippen LogP contribution in [0.4, 0.5) is 0 Å². The molecule has 3 heteroatoms. The largest absolute Gasteiger partial charge is 0.326 e. The summed E-state index contributed by atoms with van der Waals surface area (Å²) in [6.07, 6.45) is 1.32. The van der Waals surface area contributed by atoms with Gasteiger partial charge in [0.2, 0.25) is 0 Å². The van der Waals surface area contributed by atoms with E-state index >= 15 is 0 Å². The first-order valence-corrected chi connectivity index (χ1v) is 7.53. The van der Waals surface area contributed by atoms with Gasteiger partial charge in [-0.1, -0.05) is 18.2 Å². The van der Waals surface area contributed by atoms with E-state index in [9.17, 15) is 0 Å². The van der Waals surface area contributed by atoms with E-state index in [0.717, 1.165) is 6.54 Å². The summed E-state index contributed by atoms with van der Waals surface area (Å²) < 4.78 is 0. The van der Waals surface area contributed by atoms with Crippen molar-refractivity contribution < 1.29 is 0 Å². The standard InChI is InChI=1S/C14H22N2S/c1-12-9-13(10-15)3-4-14(12)11-16-5-2-7-17-8-6-16/h3-4,9H,2,5-8,10-11,15H2,1H3. The van der Waals surface area contributed by atoms with E-state index in [1.54, 1.807) is 0 Å². The lowest BCUT2D eigenvalue weighted by Gasteiger charge is -2.20. The van der Waals surface area contributed by atoms with E-state index in [0.29, 0.717) is 6.54 Å². The molecule has 0 saturated carbocycles. The maximum absolute atomic E-state index is 5.66. The quantitative estimate of drug-likeness (QED) is 0.893. The van der Waals surface area contributed by atoms with Crippen LogP contribution in [0.1, 0.15) is 23.1 Å². The average Bonchev–Trinajstić information content (AvgIpc) is 2.60. The van der Waals surface area contributed by atoms with Gasteiger partial charge in [0.25, 0.3) is 0 Å². The second-order valence-electron chi connectivity index (χ2n) is 4.71. The van der Waals surface area contributed by atoms with Crippen molar-refractivity contribution in [2.24, 2.45) is 5.73 Å². The van der Waals surface area contributed by atoms with Crippen LogP contribution < -0.4 is 5.73 Å². The third-order valence-corrected chi connectivity index (χ3v) is 4.40. The summed E-state index contributed by atoms with van der Waals surface area (Å²) in [5.41, 5.74) is 9.73. The first-order chi connectivity index (χ1) is 8.29. The monoisotopic (exact) mass is 250 g/mol. The van der Waals surface area contributed by atoms with Crippen LogP contribution in [0.25, 0.3) is 0 Å². The number of hydrogen-bond acceptors (Lipinski definition) is 3. The van der Waals surface area contributed by atoms with Gasteiger partial charge in [-0.3, -0.25) is 4.90 Å². The topological polar surface area (TPSA) is 29.3 Å². The lowest BCUT2D eigenvalue weighted by molar-refractivity contribution is 0.287. The number of rotatable bonds is 3. The molecular formula is C14H22N2S. The minimum Gasteiger partial charge on any atom is -0.326 e. The van der Waals surface area contributed by atoms with Crippen LogP contribution in [0.5, 0.6) is 0 Å². The van der Waals surface area contributed by atoms with Gasteiger partial charge in [-0.2, -0.15) is 11.8 Å². The molecule has 0 aromatic heterocycles. The van der Waals surface area contributed by atoms with Crippen LogP contribution in [0.15, 0.2) is 18.2 Å². The summed E-state index contributed by atoms with van der Waals surface area (Å²) in [5, 5.41) is 0. The van der Waals surface area contributed by atoms with Gasteiger partial charge in [0, 0.05) is 25.4 Å². The maximum atomic E-state index is 5.66. The van der Waals surface area contributed by atoms with Crippen molar-refractivity contribution in [3.63, 3.8) is 0 Å². The van der Waals surface area contributed by atoms with E-state index in [-0.39, 0.29) is 0 Å². The van der Waals surface area contributed by atoms with Gasteiger partial charge in [0.15, 0.2) is 0 Å². The van der Waals surface area contributed by atoms with Gasteiger partial charge in [-0.25, -0.2) is 0 Å². The fraction of sp³-hybridized carbons (Fsp3) is 0.571. The van der Waals surface area contributed by atoms with Crippen molar-refractivity contribution in [1.82, 2.24) is 4.90 Å². The zero-order chi connectivity index (χ0) is 12.1. The average molecular weight is 250 g/mol. The van der Waals surface area contributed by atoms with Gasteiger partial charge in [-0.05, 0) is 42.3 Å². The Morgan fingerprint density at radius 3 is 2.94 bits per heavy atom. The molecule has 17 heavy (non-hydrogen) atoms. The molecule has 0 atom stereocenters. The Labute approximate surface area is 109 Å². The lowest BCUT2D eigenvalue weighted by atomic mass is 10.0. The Balaban J connectivity index is 2.01. The summed E-state index contributed by atoms with van der Waals surface area (Å²) >= 11 is 2.08. The molecule has 94 valence electrons. The highest BCUT2D eigenvalue weighted by atomic mass is 32.2. The number of aryl methyl sites for hydroxylation is 1. The minimum atomic E-state index is 0.640. The third-order valence-electron chi connectivity index (χ3n) is 3.35. The lowest BCUT2D eigenvalue weighted by Crippen LogP contribution is -2.25. The zero-order valence-corrected chi connectivity index (χ0v) is 11.4. The molecule has 0 unspecified atom stereocenters. The Morgan fingerprint density at radius 2 is 2.18 bits per heavy atom. The Hall–Kier alpha value is -0.510. The van der Waals surface area contributed by atoms with E-state index in [1.165, 1.54) is 47.7 Å². The number of nitrogens with two attached hydrogens (primary N) is 1. The highest BCUT2D eigenvalue weighted by Crippen LogP contribution is 2.16. The van der Waals surface area contributed by atoms with Gasteiger partial charge in [0.1, 0.15) is 0 Å². The van der Waals surface area contributed by atoms with Crippen LogP contribution in [-0.4, -0.2) is 29.5 Å². The summed E-state index contributed by atoms with van der Waals surface area (Å²) in [5.74, 6) is 2.60. The number of thioether (sulfide) groups is 1. The zero-order valence-electron chi connectivity index (χ0n) is 10.6. The van der Waals surface area contributed by atoms with Crippen molar-refractivity contribution in [2.75, 3.05) is 24.6 Å². The van der Waals surface area contributed by atoms with Gasteiger partial charge >= 0.3 is 0 Å². The molecule has 1 aliphatic rings. The molecule has 1 fully saturated rings. The van der Waals surface area contributed by atoms with Crippen LogP contribution in [0.2, 0.25) is 0 Å². The molecule has 2 rings (SSSR count). The second kappa shape index (κ2) is 6.43. The van der Waals surface area contributed by atoms with Crippen molar-refractivity contribution in [1.29, 1.82) is 0 Å². The predicted molar refractivity (Wildman–Crippen MR) is 76.3 cm³/mol. The van der Waals surface area contributed by atoms with Gasteiger partial charge in [0.05, 0.1) is 0 Å². The van der Waals surface area contributed by atoms with E-state index in [1.807, 2.05) is 0 Å². The van der Waals surface area contributed by atoms with Crippen molar-refractivity contribution in [3.8, 4) is 0 Å². The highest BCUT2D eigenvalue weighted by molar-refractivity contribution is 7.99. The highest BCUT2D eigenvalue weighted by Gasteiger charge is 2.10. The molecule has 1 heterocycles. The molecule has 1 aliphatic heterocycles. The molecule has 2 nitrogen and oxygen atoms in total. The summed E-state index contributed by atoms with van der Waals surface area (Å²) in [7, 11) is 0. The van der Waals surface area contributed by atoms with Crippen molar-refractivity contribution in [3.05, 3.63) is 34.9 Å². The molecular weight excluding hydrogens is 228 g/mol. The minimum absolute atomic E-state index is 0.640. The fourth-order valence-electron chi connectivity index (χ4n) is 2.26. The van der Waals surface area contributed by atoms with Gasteiger partial charge < -0.3 is 5.73 Å². The maximum Gasteiger partial charge on any atom is 0.0236 e. The molecule has 0 spiro atoms. The summed E-state index contributed by atoms with van der Waals surface area (Å²) in [4.78, 5) is 2.57. The normalized spacial score (nSPS) is 18.0. The molecule has 0 aliphatic carbocycles. The van der Waals surface area contributed by atoms with E-state index in [2.05, 4.69) is 41.8 Å². The second-order valence-corrected chi connectivity index (χ2v) is 5.93. The first kappa shape index (κ1) is 12.9. The Kier molecular flexibility index (Phi) is 4.89. The molecule has 0 bridgehead atoms. The number of hydrogen-bond donors (Lipinski definition) is 1. The van der Waals surface area contributed by atoms with Crippen LogP contribution >= 0.6 is 11.8 Å². The smallest absolute Gasteiger partial charge is 0.0236 e. The molecule has 1 aromatic carbocycles. The number of benzene rings is 1. The molecule has 1 aromatic rings. The van der Waals surface area contributed by atoms with Crippen LogP contribution in [0.3, 0.4) is 0 Å². The summed E-state index contributed by atoms with van der Waals surface area (Å²) in [6.45, 7) is 6.40. The fourth-order valence-corrected chi connectivity index (χ4v) is 3.18. The molecule has 0 amide bonds. The third kappa shape index (κ3) is 3.73. The SMILES string of the molecule is Cc1cc(CN)ccc1CN1CCCSCC1.